The van der Waals surface area contributed by atoms with Crippen LogP contribution in [0.4, 0.5) is 0 Å². The van der Waals surface area contributed by atoms with Gasteiger partial charge in [0.2, 0.25) is 0 Å². The molecule has 130 valence electrons. The van der Waals surface area contributed by atoms with Gasteiger partial charge in [0.1, 0.15) is 23.2 Å². The standard InChI is InChI=1S/C19H13Cl2N3O2/c1-11-7-12(2)24(23-11)19(25)13(10-22)8-15-4-6-18(26-15)16-5-3-14(20)9-17(16)21/h3-9H,1-2H3/b13-8+. The molecule has 5 nitrogen and oxygen atoms in total. The predicted octanol–water partition coefficient (Wildman–Crippen LogP) is 5.31. The Morgan fingerprint density at radius 1 is 1.23 bits per heavy atom. The number of hydrogen-bond acceptors (Lipinski definition) is 4. The number of nitriles is 1. The van der Waals surface area contributed by atoms with Crippen molar-refractivity contribution in [2.45, 2.75) is 13.8 Å². The molecule has 0 aliphatic rings. The SMILES string of the molecule is Cc1cc(C)n(C(=O)/C(C#N)=C/c2ccc(-c3ccc(Cl)cc3Cl)o2)n1. The number of halogens is 2. The van der Waals surface area contributed by atoms with Crippen molar-refractivity contribution >= 4 is 35.2 Å². The van der Waals surface area contributed by atoms with Crippen molar-refractivity contribution in [2.24, 2.45) is 0 Å². The van der Waals surface area contributed by atoms with Crippen LogP contribution in [0.5, 0.6) is 0 Å². The minimum Gasteiger partial charge on any atom is -0.457 e. The minimum absolute atomic E-state index is 0.0840. The molecule has 7 heteroatoms. The summed E-state index contributed by atoms with van der Waals surface area (Å²) in [6.45, 7) is 3.53. The van der Waals surface area contributed by atoms with Gasteiger partial charge < -0.3 is 4.42 Å². The maximum atomic E-state index is 12.5. The second kappa shape index (κ2) is 7.20. The van der Waals surface area contributed by atoms with Crippen LogP contribution in [-0.4, -0.2) is 15.7 Å². The van der Waals surface area contributed by atoms with Crippen molar-refractivity contribution < 1.29 is 9.21 Å². The van der Waals surface area contributed by atoms with Crippen LogP contribution in [-0.2, 0) is 0 Å². The summed E-state index contributed by atoms with van der Waals surface area (Å²) < 4.78 is 6.91. The number of aryl methyl sites for hydroxylation is 2. The molecule has 0 aliphatic heterocycles. The van der Waals surface area contributed by atoms with Gasteiger partial charge in [-0.05, 0) is 50.2 Å². The van der Waals surface area contributed by atoms with E-state index in [1.54, 1.807) is 50.2 Å². The average Bonchev–Trinajstić information content (AvgIpc) is 3.18. The lowest BCUT2D eigenvalue weighted by Gasteiger charge is -2.02. The first-order valence-corrected chi connectivity index (χ1v) is 8.39. The molecule has 0 radical (unpaired) electrons. The number of furan rings is 1. The fraction of sp³-hybridized carbons (Fsp3) is 0.105. The third-order valence-electron chi connectivity index (χ3n) is 3.66. The maximum absolute atomic E-state index is 12.5. The highest BCUT2D eigenvalue weighted by Crippen LogP contribution is 2.32. The molecule has 0 N–H and O–H groups in total. The number of carbonyl (C=O) groups excluding carboxylic acids is 1. The topological polar surface area (TPSA) is 71.8 Å². The van der Waals surface area contributed by atoms with Crippen LogP contribution in [0.2, 0.25) is 10.0 Å². The van der Waals surface area contributed by atoms with E-state index >= 15 is 0 Å². The summed E-state index contributed by atoms with van der Waals surface area (Å²) in [4.78, 5) is 12.5. The molecule has 0 bridgehead atoms. The van der Waals surface area contributed by atoms with Gasteiger partial charge in [0.25, 0.3) is 5.91 Å². The van der Waals surface area contributed by atoms with E-state index in [-0.39, 0.29) is 5.57 Å². The molecule has 1 aromatic carbocycles. The number of aromatic nitrogens is 2. The number of rotatable bonds is 3. The van der Waals surface area contributed by atoms with E-state index < -0.39 is 5.91 Å². The second-order valence-electron chi connectivity index (χ2n) is 5.64. The molecule has 0 saturated heterocycles. The van der Waals surface area contributed by atoms with Gasteiger partial charge >= 0.3 is 0 Å². The fourth-order valence-electron chi connectivity index (χ4n) is 2.50. The Morgan fingerprint density at radius 3 is 2.62 bits per heavy atom. The molecule has 0 unspecified atom stereocenters. The molecule has 0 fully saturated rings. The van der Waals surface area contributed by atoms with Gasteiger partial charge in [0, 0.05) is 22.4 Å². The van der Waals surface area contributed by atoms with E-state index in [1.807, 2.05) is 6.07 Å². The highest BCUT2D eigenvalue weighted by atomic mass is 35.5. The predicted molar refractivity (Wildman–Crippen MR) is 100 cm³/mol. The molecule has 2 heterocycles. The van der Waals surface area contributed by atoms with Crippen molar-refractivity contribution in [2.75, 3.05) is 0 Å². The Balaban J connectivity index is 1.94. The van der Waals surface area contributed by atoms with Gasteiger partial charge in [-0.3, -0.25) is 4.79 Å². The zero-order chi connectivity index (χ0) is 18.8. The molecule has 0 spiro atoms. The van der Waals surface area contributed by atoms with E-state index in [0.717, 1.165) is 0 Å². The Labute approximate surface area is 160 Å². The van der Waals surface area contributed by atoms with Gasteiger partial charge in [-0.25, -0.2) is 4.68 Å². The summed E-state index contributed by atoms with van der Waals surface area (Å²) in [5.74, 6) is 0.354. The zero-order valence-corrected chi connectivity index (χ0v) is 15.5. The first-order valence-electron chi connectivity index (χ1n) is 7.64. The van der Waals surface area contributed by atoms with Crippen LogP contribution in [0, 0.1) is 25.2 Å². The van der Waals surface area contributed by atoms with Crippen LogP contribution >= 0.6 is 23.2 Å². The molecule has 0 amide bonds. The molecule has 0 atom stereocenters. The van der Waals surface area contributed by atoms with E-state index in [9.17, 15) is 10.1 Å². The third kappa shape index (κ3) is 3.57. The van der Waals surface area contributed by atoms with Crippen molar-refractivity contribution in [1.29, 1.82) is 5.26 Å². The molecule has 0 aliphatic carbocycles. The Morgan fingerprint density at radius 2 is 2.00 bits per heavy atom. The summed E-state index contributed by atoms with van der Waals surface area (Å²) in [5, 5.41) is 14.4. The maximum Gasteiger partial charge on any atom is 0.289 e. The second-order valence-corrected chi connectivity index (χ2v) is 6.48. The minimum atomic E-state index is -0.513. The van der Waals surface area contributed by atoms with Crippen LogP contribution in [0.1, 0.15) is 21.9 Å². The fourth-order valence-corrected chi connectivity index (χ4v) is 3.00. The Hall–Kier alpha value is -2.81. The summed E-state index contributed by atoms with van der Waals surface area (Å²) >= 11 is 12.1. The van der Waals surface area contributed by atoms with Crippen LogP contribution in [0.15, 0.2) is 46.4 Å². The molecule has 2 aromatic heterocycles. The number of hydrogen-bond donors (Lipinski definition) is 0. The van der Waals surface area contributed by atoms with Crippen LogP contribution in [0.3, 0.4) is 0 Å². The molecular weight excluding hydrogens is 373 g/mol. The van der Waals surface area contributed by atoms with Gasteiger partial charge in [-0.1, -0.05) is 23.2 Å². The third-order valence-corrected chi connectivity index (χ3v) is 4.21. The lowest BCUT2D eigenvalue weighted by molar-refractivity contribution is 0.0943. The number of carbonyl (C=O) groups is 1. The highest BCUT2D eigenvalue weighted by molar-refractivity contribution is 6.36. The van der Waals surface area contributed by atoms with Gasteiger partial charge in [-0.2, -0.15) is 10.4 Å². The zero-order valence-electron chi connectivity index (χ0n) is 14.0. The molecule has 3 aromatic rings. The molecule has 0 saturated carbocycles. The number of allylic oxidation sites excluding steroid dienone is 1. The van der Waals surface area contributed by atoms with Crippen LogP contribution < -0.4 is 0 Å². The van der Waals surface area contributed by atoms with Gasteiger partial charge in [-0.15, -0.1) is 0 Å². The van der Waals surface area contributed by atoms with Crippen molar-refractivity contribution in [3.63, 3.8) is 0 Å². The number of benzene rings is 1. The molecular formula is C19H13Cl2N3O2. The normalized spacial score (nSPS) is 11.4. The summed E-state index contributed by atoms with van der Waals surface area (Å²) in [5.41, 5.74) is 1.94. The van der Waals surface area contributed by atoms with Crippen molar-refractivity contribution in [3.8, 4) is 17.4 Å². The molecule has 26 heavy (non-hydrogen) atoms. The van der Waals surface area contributed by atoms with Gasteiger partial charge in [0.15, 0.2) is 0 Å². The van der Waals surface area contributed by atoms with E-state index in [4.69, 9.17) is 27.6 Å². The quantitative estimate of drug-likeness (QED) is 0.452. The van der Waals surface area contributed by atoms with E-state index in [1.165, 1.54) is 10.8 Å². The smallest absolute Gasteiger partial charge is 0.289 e. The van der Waals surface area contributed by atoms with E-state index in [2.05, 4.69) is 5.10 Å². The first kappa shape index (κ1) is 18.0. The lowest BCUT2D eigenvalue weighted by atomic mass is 10.2. The summed E-state index contributed by atoms with van der Waals surface area (Å²) in [6.07, 6.45) is 1.38. The Kier molecular flexibility index (Phi) is 4.99. The Bertz CT molecular complexity index is 1070. The lowest BCUT2D eigenvalue weighted by Crippen LogP contribution is -2.15. The summed E-state index contributed by atoms with van der Waals surface area (Å²) in [7, 11) is 0. The van der Waals surface area contributed by atoms with Crippen molar-refractivity contribution in [1.82, 2.24) is 9.78 Å². The van der Waals surface area contributed by atoms with Crippen molar-refractivity contribution in [3.05, 3.63) is 69.2 Å². The number of nitrogens with zero attached hydrogens (tertiary/aromatic N) is 3. The summed E-state index contributed by atoms with van der Waals surface area (Å²) in [6, 6.07) is 12.1. The monoisotopic (exact) mass is 385 g/mol. The first-order chi connectivity index (χ1) is 12.4. The molecule has 3 rings (SSSR count). The average molecular weight is 386 g/mol. The van der Waals surface area contributed by atoms with E-state index in [0.29, 0.717) is 38.5 Å². The van der Waals surface area contributed by atoms with Gasteiger partial charge in [0.05, 0.1) is 10.7 Å². The largest absolute Gasteiger partial charge is 0.457 e. The highest BCUT2D eigenvalue weighted by Gasteiger charge is 2.17. The van der Waals surface area contributed by atoms with Crippen LogP contribution in [0.25, 0.3) is 17.4 Å².